The van der Waals surface area contributed by atoms with E-state index in [0.717, 1.165) is 24.3 Å². The van der Waals surface area contributed by atoms with Gasteiger partial charge in [-0.25, -0.2) is 4.79 Å². The molecule has 0 N–H and O–H groups in total. The van der Waals surface area contributed by atoms with Crippen LogP contribution in [0.3, 0.4) is 0 Å². The highest BCUT2D eigenvalue weighted by molar-refractivity contribution is 5.64. The van der Waals surface area contributed by atoms with Crippen molar-refractivity contribution < 1.29 is 32.4 Å². The number of benzene rings is 2. The zero-order valence-corrected chi connectivity index (χ0v) is 11.9. The second-order valence-corrected chi connectivity index (χ2v) is 4.59. The number of non-ortho nitro benzene ring substituents is 1. The monoisotopic (exact) mass is 341 g/mol. The summed E-state index contributed by atoms with van der Waals surface area (Å²) in [6, 6.07) is 8.86. The molecule has 2 aromatic carbocycles. The van der Waals surface area contributed by atoms with Crippen molar-refractivity contribution in [3.05, 3.63) is 69.8 Å². The van der Waals surface area contributed by atoms with Crippen LogP contribution in [0.1, 0.15) is 11.1 Å². The topological polar surface area (TPSA) is 78.7 Å². The Bertz CT molecular complexity index is 726. The van der Waals surface area contributed by atoms with E-state index in [-0.39, 0.29) is 18.0 Å². The van der Waals surface area contributed by atoms with Crippen LogP contribution in [-0.2, 0) is 17.5 Å². The van der Waals surface area contributed by atoms with Gasteiger partial charge in [-0.15, -0.1) is 0 Å². The number of nitrogens with zero attached hydrogens (tertiary/aromatic N) is 1. The van der Waals surface area contributed by atoms with Crippen molar-refractivity contribution in [2.75, 3.05) is 0 Å². The predicted octanol–water partition coefficient (Wildman–Crippen LogP) is 4.33. The second kappa shape index (κ2) is 6.99. The van der Waals surface area contributed by atoms with Crippen molar-refractivity contribution in [2.24, 2.45) is 0 Å². The van der Waals surface area contributed by atoms with E-state index < -0.39 is 22.8 Å². The van der Waals surface area contributed by atoms with Gasteiger partial charge < -0.3 is 9.47 Å². The van der Waals surface area contributed by atoms with Crippen LogP contribution in [0.25, 0.3) is 0 Å². The first-order chi connectivity index (χ1) is 11.3. The molecule has 126 valence electrons. The number of alkyl halides is 3. The van der Waals surface area contributed by atoms with Crippen LogP contribution >= 0.6 is 0 Å². The van der Waals surface area contributed by atoms with E-state index in [1.807, 2.05) is 0 Å². The van der Waals surface area contributed by atoms with Crippen LogP contribution in [0, 0.1) is 10.1 Å². The van der Waals surface area contributed by atoms with Crippen molar-refractivity contribution in [1.82, 2.24) is 0 Å². The Morgan fingerprint density at radius 3 is 2.12 bits per heavy atom. The summed E-state index contributed by atoms with van der Waals surface area (Å²) in [5, 5.41) is 10.5. The Morgan fingerprint density at radius 1 is 1.04 bits per heavy atom. The molecule has 2 aromatic rings. The molecule has 0 saturated heterocycles. The molecule has 0 bridgehead atoms. The fourth-order valence-electron chi connectivity index (χ4n) is 1.69. The van der Waals surface area contributed by atoms with Gasteiger partial charge in [0.25, 0.3) is 5.69 Å². The van der Waals surface area contributed by atoms with E-state index in [9.17, 15) is 28.1 Å². The molecule has 0 fully saturated rings. The molecule has 24 heavy (non-hydrogen) atoms. The number of hydrogen-bond acceptors (Lipinski definition) is 5. The molecule has 0 unspecified atom stereocenters. The van der Waals surface area contributed by atoms with Crippen LogP contribution in [0.5, 0.6) is 5.75 Å². The Morgan fingerprint density at radius 2 is 1.62 bits per heavy atom. The lowest BCUT2D eigenvalue weighted by molar-refractivity contribution is -0.384. The van der Waals surface area contributed by atoms with Gasteiger partial charge in [-0.05, 0) is 29.8 Å². The third-order valence-electron chi connectivity index (χ3n) is 2.89. The van der Waals surface area contributed by atoms with Crippen LogP contribution in [0.15, 0.2) is 48.5 Å². The minimum atomic E-state index is -4.44. The van der Waals surface area contributed by atoms with E-state index in [4.69, 9.17) is 9.47 Å². The van der Waals surface area contributed by atoms with Crippen molar-refractivity contribution in [1.29, 1.82) is 0 Å². The van der Waals surface area contributed by atoms with Gasteiger partial charge in [0.1, 0.15) is 12.4 Å². The number of carbonyl (C=O) groups is 1. The van der Waals surface area contributed by atoms with Gasteiger partial charge in [0.05, 0.1) is 10.5 Å². The van der Waals surface area contributed by atoms with E-state index in [1.165, 1.54) is 24.3 Å². The summed E-state index contributed by atoms with van der Waals surface area (Å²) in [6.45, 7) is -0.274. The summed E-state index contributed by atoms with van der Waals surface area (Å²) in [4.78, 5) is 21.4. The van der Waals surface area contributed by atoms with Crippen molar-refractivity contribution >= 4 is 11.8 Å². The van der Waals surface area contributed by atoms with Gasteiger partial charge in [0.2, 0.25) is 0 Å². The lowest BCUT2D eigenvalue weighted by Crippen LogP contribution is -2.11. The zero-order valence-electron chi connectivity index (χ0n) is 11.9. The van der Waals surface area contributed by atoms with Gasteiger partial charge in [0.15, 0.2) is 0 Å². The fourth-order valence-corrected chi connectivity index (χ4v) is 1.69. The third-order valence-corrected chi connectivity index (χ3v) is 2.89. The van der Waals surface area contributed by atoms with Crippen LogP contribution in [-0.4, -0.2) is 11.1 Å². The van der Waals surface area contributed by atoms with E-state index in [2.05, 4.69) is 0 Å². The molecule has 0 aliphatic heterocycles. The largest absolute Gasteiger partial charge is 0.514 e. The van der Waals surface area contributed by atoms with E-state index in [1.54, 1.807) is 0 Å². The molecule has 0 spiro atoms. The van der Waals surface area contributed by atoms with Crippen molar-refractivity contribution in [2.45, 2.75) is 12.8 Å². The molecule has 0 aromatic heterocycles. The highest BCUT2D eigenvalue weighted by Crippen LogP contribution is 2.29. The van der Waals surface area contributed by atoms with Crippen molar-refractivity contribution in [3.63, 3.8) is 0 Å². The second-order valence-electron chi connectivity index (χ2n) is 4.59. The van der Waals surface area contributed by atoms with Gasteiger partial charge in [-0.3, -0.25) is 10.1 Å². The molecule has 2 rings (SSSR count). The molecule has 0 atom stereocenters. The van der Waals surface area contributed by atoms with Crippen LogP contribution in [0.4, 0.5) is 23.7 Å². The lowest BCUT2D eigenvalue weighted by Gasteiger charge is -2.08. The van der Waals surface area contributed by atoms with Gasteiger partial charge in [-0.2, -0.15) is 13.2 Å². The third kappa shape index (κ3) is 4.70. The number of nitro groups is 1. The Hall–Kier alpha value is -3.10. The molecule has 6 nitrogen and oxygen atoms in total. The Labute approximate surface area is 133 Å². The summed E-state index contributed by atoms with van der Waals surface area (Å²) in [7, 11) is 0. The smallest absolute Gasteiger partial charge is 0.429 e. The van der Waals surface area contributed by atoms with Gasteiger partial charge >= 0.3 is 12.3 Å². The van der Waals surface area contributed by atoms with Crippen LogP contribution < -0.4 is 4.74 Å². The average molecular weight is 341 g/mol. The molecular weight excluding hydrogens is 331 g/mol. The number of rotatable bonds is 4. The first-order valence-electron chi connectivity index (χ1n) is 6.51. The quantitative estimate of drug-likeness (QED) is 0.358. The molecule has 9 heteroatoms. The van der Waals surface area contributed by atoms with E-state index in [0.29, 0.717) is 5.56 Å². The molecule has 0 saturated carbocycles. The summed E-state index contributed by atoms with van der Waals surface area (Å²) in [5.74, 6) is 0.0398. The molecule has 0 radical (unpaired) electrons. The maximum Gasteiger partial charge on any atom is 0.514 e. The maximum atomic E-state index is 12.4. The summed E-state index contributed by atoms with van der Waals surface area (Å²) in [6.07, 6.45) is -5.52. The first-order valence-corrected chi connectivity index (χ1v) is 6.51. The first kappa shape index (κ1) is 17.3. The highest BCUT2D eigenvalue weighted by Gasteiger charge is 2.29. The maximum absolute atomic E-state index is 12.4. The number of ether oxygens (including phenoxy) is 2. The number of carbonyl (C=O) groups excluding carboxylic acids is 1. The molecule has 0 heterocycles. The number of nitro benzene ring substituents is 1. The van der Waals surface area contributed by atoms with Gasteiger partial charge in [0, 0.05) is 12.1 Å². The lowest BCUT2D eigenvalue weighted by atomic mass is 10.1. The predicted molar refractivity (Wildman–Crippen MR) is 75.4 cm³/mol. The molecule has 0 aliphatic carbocycles. The molecular formula is C15H10F3NO5. The SMILES string of the molecule is O=C(OCc1ccc(C(F)(F)F)cc1)Oc1ccc([N+](=O)[O-])cc1. The minimum absolute atomic E-state index is 0.0398. The minimum Gasteiger partial charge on any atom is -0.429 e. The Balaban J connectivity index is 1.87. The average Bonchev–Trinajstić information content (AvgIpc) is 2.53. The Kier molecular flexibility index (Phi) is 5.02. The van der Waals surface area contributed by atoms with E-state index >= 15 is 0 Å². The van der Waals surface area contributed by atoms with Crippen LogP contribution in [0.2, 0.25) is 0 Å². The van der Waals surface area contributed by atoms with Gasteiger partial charge in [-0.1, -0.05) is 12.1 Å². The van der Waals surface area contributed by atoms with Crippen molar-refractivity contribution in [3.8, 4) is 5.75 Å². The summed E-state index contributed by atoms with van der Waals surface area (Å²) >= 11 is 0. The number of hydrogen-bond donors (Lipinski definition) is 0. The zero-order chi connectivity index (χ0) is 17.7. The molecule has 0 amide bonds. The normalized spacial score (nSPS) is 11.0. The fraction of sp³-hybridized carbons (Fsp3) is 0.133. The highest BCUT2D eigenvalue weighted by atomic mass is 19.4. The summed E-state index contributed by atoms with van der Waals surface area (Å²) in [5.41, 5.74) is -0.621. The number of halogens is 3. The standard InChI is InChI=1S/C15H10F3NO5/c16-15(17,18)11-3-1-10(2-4-11)9-23-14(20)24-13-7-5-12(6-8-13)19(21)22/h1-8H,9H2. The molecule has 0 aliphatic rings. The summed E-state index contributed by atoms with van der Waals surface area (Å²) < 4.78 is 46.8.